The first kappa shape index (κ1) is 13.0. The number of hydrogen-bond donors (Lipinski definition) is 1. The van der Waals surface area contributed by atoms with Gasteiger partial charge in [-0.3, -0.25) is 4.90 Å². The molecule has 5 heteroatoms. The highest BCUT2D eigenvalue weighted by atomic mass is 16.5. The molecule has 2 saturated heterocycles. The molecule has 2 aliphatic rings. The van der Waals surface area contributed by atoms with E-state index in [2.05, 4.69) is 39.4 Å². The van der Waals surface area contributed by atoms with Crippen molar-refractivity contribution >= 4 is 0 Å². The number of fused-ring (bicyclic) bond motifs is 1. The van der Waals surface area contributed by atoms with E-state index >= 15 is 0 Å². The summed E-state index contributed by atoms with van der Waals surface area (Å²) in [7, 11) is 0. The number of nitrogens with zero attached hydrogens (tertiary/aromatic N) is 3. The van der Waals surface area contributed by atoms with E-state index in [1.54, 1.807) is 0 Å². The SMILES string of the molecule is Cc1ccc(-c2nc(CN3CC4CNCC4C3)no2)cc1. The Morgan fingerprint density at radius 1 is 1.19 bits per heavy atom. The summed E-state index contributed by atoms with van der Waals surface area (Å²) in [5.41, 5.74) is 2.22. The van der Waals surface area contributed by atoms with Gasteiger partial charge in [-0.2, -0.15) is 4.98 Å². The van der Waals surface area contributed by atoms with Crippen LogP contribution in [0.25, 0.3) is 11.5 Å². The molecule has 110 valence electrons. The Bertz CT molecular complexity index is 609. The zero-order chi connectivity index (χ0) is 14.2. The van der Waals surface area contributed by atoms with Gasteiger partial charge in [0.05, 0.1) is 6.54 Å². The second-order valence-corrected chi connectivity index (χ2v) is 6.25. The molecule has 1 aromatic carbocycles. The maximum Gasteiger partial charge on any atom is 0.257 e. The minimum absolute atomic E-state index is 0.617. The van der Waals surface area contributed by atoms with E-state index in [-0.39, 0.29) is 0 Å². The van der Waals surface area contributed by atoms with Crippen LogP contribution in [-0.2, 0) is 6.54 Å². The molecule has 5 nitrogen and oxygen atoms in total. The minimum Gasteiger partial charge on any atom is -0.334 e. The smallest absolute Gasteiger partial charge is 0.257 e. The first-order chi connectivity index (χ1) is 10.3. The fourth-order valence-electron chi connectivity index (χ4n) is 3.41. The molecule has 2 aliphatic heterocycles. The normalized spacial score (nSPS) is 25.4. The van der Waals surface area contributed by atoms with Gasteiger partial charge in [0, 0.05) is 18.7 Å². The Morgan fingerprint density at radius 2 is 1.90 bits per heavy atom. The van der Waals surface area contributed by atoms with Crippen LogP contribution in [-0.4, -0.2) is 41.2 Å². The Kier molecular flexibility index (Phi) is 3.24. The van der Waals surface area contributed by atoms with E-state index < -0.39 is 0 Å². The van der Waals surface area contributed by atoms with Crippen molar-refractivity contribution in [3.63, 3.8) is 0 Å². The molecule has 0 saturated carbocycles. The van der Waals surface area contributed by atoms with Gasteiger partial charge in [-0.05, 0) is 44.0 Å². The standard InChI is InChI=1S/C16H20N4O/c1-11-2-4-12(5-3-11)16-18-15(19-21-16)10-20-8-13-6-17-7-14(13)9-20/h2-5,13-14,17H,6-10H2,1H3. The first-order valence-electron chi connectivity index (χ1n) is 7.60. The third-order valence-electron chi connectivity index (χ3n) is 4.60. The maximum atomic E-state index is 5.39. The number of benzene rings is 1. The van der Waals surface area contributed by atoms with Crippen LogP contribution in [0.1, 0.15) is 11.4 Å². The van der Waals surface area contributed by atoms with Crippen molar-refractivity contribution in [2.75, 3.05) is 26.2 Å². The quantitative estimate of drug-likeness (QED) is 0.929. The van der Waals surface area contributed by atoms with E-state index in [0.717, 1.165) is 55.9 Å². The first-order valence-corrected chi connectivity index (χ1v) is 7.60. The number of nitrogens with one attached hydrogen (secondary N) is 1. The number of aromatic nitrogens is 2. The van der Waals surface area contributed by atoms with Gasteiger partial charge in [-0.1, -0.05) is 22.9 Å². The van der Waals surface area contributed by atoms with E-state index in [0.29, 0.717) is 5.89 Å². The van der Waals surface area contributed by atoms with Crippen LogP contribution in [0.5, 0.6) is 0 Å². The van der Waals surface area contributed by atoms with E-state index in [4.69, 9.17) is 4.52 Å². The lowest BCUT2D eigenvalue weighted by Crippen LogP contribution is -2.25. The van der Waals surface area contributed by atoms with Crippen LogP contribution in [0.15, 0.2) is 28.8 Å². The lowest BCUT2D eigenvalue weighted by Gasteiger charge is -2.13. The molecule has 1 aromatic heterocycles. The van der Waals surface area contributed by atoms with Gasteiger partial charge in [0.1, 0.15) is 0 Å². The van der Waals surface area contributed by atoms with Crippen molar-refractivity contribution in [3.8, 4) is 11.5 Å². The molecule has 3 heterocycles. The molecule has 0 amide bonds. The second-order valence-electron chi connectivity index (χ2n) is 6.25. The number of hydrogen-bond acceptors (Lipinski definition) is 5. The van der Waals surface area contributed by atoms with Crippen molar-refractivity contribution in [2.45, 2.75) is 13.5 Å². The second kappa shape index (κ2) is 5.24. The summed E-state index contributed by atoms with van der Waals surface area (Å²) < 4.78 is 5.39. The maximum absolute atomic E-state index is 5.39. The van der Waals surface area contributed by atoms with Gasteiger partial charge in [-0.25, -0.2) is 0 Å². The Morgan fingerprint density at radius 3 is 2.62 bits per heavy atom. The third-order valence-corrected chi connectivity index (χ3v) is 4.60. The molecule has 0 radical (unpaired) electrons. The highest BCUT2D eigenvalue weighted by molar-refractivity contribution is 5.53. The zero-order valence-corrected chi connectivity index (χ0v) is 12.2. The van der Waals surface area contributed by atoms with Gasteiger partial charge in [0.2, 0.25) is 0 Å². The number of likely N-dealkylation sites (tertiary alicyclic amines) is 1. The molecule has 2 atom stereocenters. The Balaban J connectivity index is 1.44. The third kappa shape index (κ3) is 2.59. The molecule has 2 unspecified atom stereocenters. The van der Waals surface area contributed by atoms with Crippen molar-refractivity contribution in [1.82, 2.24) is 20.4 Å². The molecule has 4 rings (SSSR count). The Labute approximate surface area is 124 Å². The molecule has 2 aromatic rings. The van der Waals surface area contributed by atoms with E-state index in [9.17, 15) is 0 Å². The van der Waals surface area contributed by atoms with Crippen LogP contribution in [0, 0.1) is 18.8 Å². The van der Waals surface area contributed by atoms with Crippen LogP contribution < -0.4 is 5.32 Å². The van der Waals surface area contributed by atoms with Crippen molar-refractivity contribution in [1.29, 1.82) is 0 Å². The van der Waals surface area contributed by atoms with E-state index in [1.165, 1.54) is 5.56 Å². The highest BCUT2D eigenvalue weighted by Gasteiger charge is 2.36. The molecule has 0 aliphatic carbocycles. The van der Waals surface area contributed by atoms with Gasteiger partial charge in [0.15, 0.2) is 5.82 Å². The average molecular weight is 284 g/mol. The molecule has 21 heavy (non-hydrogen) atoms. The largest absolute Gasteiger partial charge is 0.334 e. The molecule has 1 N–H and O–H groups in total. The van der Waals surface area contributed by atoms with Gasteiger partial charge in [-0.15, -0.1) is 0 Å². The zero-order valence-electron chi connectivity index (χ0n) is 12.2. The van der Waals surface area contributed by atoms with Crippen molar-refractivity contribution < 1.29 is 4.52 Å². The van der Waals surface area contributed by atoms with Crippen LogP contribution in [0.3, 0.4) is 0 Å². The molecular weight excluding hydrogens is 264 g/mol. The topological polar surface area (TPSA) is 54.2 Å². The summed E-state index contributed by atoms with van der Waals surface area (Å²) in [6.45, 7) is 7.46. The van der Waals surface area contributed by atoms with E-state index in [1.807, 2.05) is 12.1 Å². The van der Waals surface area contributed by atoms with Gasteiger partial charge >= 0.3 is 0 Å². The fraction of sp³-hybridized carbons (Fsp3) is 0.500. The lowest BCUT2D eigenvalue weighted by atomic mass is 10.0. The summed E-state index contributed by atoms with van der Waals surface area (Å²) in [5.74, 6) is 3.01. The van der Waals surface area contributed by atoms with Crippen molar-refractivity contribution in [2.24, 2.45) is 11.8 Å². The monoisotopic (exact) mass is 284 g/mol. The summed E-state index contributed by atoms with van der Waals surface area (Å²) in [6, 6.07) is 8.18. The summed E-state index contributed by atoms with van der Waals surface area (Å²) in [5, 5.41) is 7.59. The number of rotatable bonds is 3. The summed E-state index contributed by atoms with van der Waals surface area (Å²) in [6.07, 6.45) is 0. The summed E-state index contributed by atoms with van der Waals surface area (Å²) in [4.78, 5) is 6.98. The molecular formula is C16H20N4O. The van der Waals surface area contributed by atoms with Crippen LogP contribution in [0.2, 0.25) is 0 Å². The fourth-order valence-corrected chi connectivity index (χ4v) is 3.41. The van der Waals surface area contributed by atoms with Crippen molar-refractivity contribution in [3.05, 3.63) is 35.7 Å². The van der Waals surface area contributed by atoms with Gasteiger partial charge < -0.3 is 9.84 Å². The number of aryl methyl sites for hydroxylation is 1. The van der Waals surface area contributed by atoms with Crippen LogP contribution in [0.4, 0.5) is 0 Å². The summed E-state index contributed by atoms with van der Waals surface area (Å²) >= 11 is 0. The van der Waals surface area contributed by atoms with Gasteiger partial charge in [0.25, 0.3) is 5.89 Å². The predicted octanol–water partition coefficient (Wildman–Crippen LogP) is 1.70. The predicted molar refractivity (Wildman–Crippen MR) is 79.6 cm³/mol. The molecule has 0 spiro atoms. The Hall–Kier alpha value is -1.72. The molecule has 2 fully saturated rings. The average Bonchev–Trinajstić information content (AvgIpc) is 3.16. The van der Waals surface area contributed by atoms with Crippen LogP contribution >= 0.6 is 0 Å². The minimum atomic E-state index is 0.617. The highest BCUT2D eigenvalue weighted by Crippen LogP contribution is 2.27. The lowest BCUT2D eigenvalue weighted by molar-refractivity contribution is 0.291. The molecule has 0 bridgehead atoms.